The lowest BCUT2D eigenvalue weighted by atomic mass is 10.1. The molecule has 1 aliphatic heterocycles. The number of ether oxygens (including phenoxy) is 4. The average molecular weight is 412 g/mol. The second-order valence-electron chi connectivity index (χ2n) is 6.73. The van der Waals surface area contributed by atoms with Crippen molar-refractivity contribution < 1.29 is 18.9 Å². The Kier molecular flexibility index (Phi) is 5.67. The summed E-state index contributed by atoms with van der Waals surface area (Å²) in [4.78, 5) is 0. The lowest BCUT2D eigenvalue weighted by molar-refractivity contribution is 0.174. The quantitative estimate of drug-likeness (QED) is 0.550. The van der Waals surface area contributed by atoms with Crippen LogP contribution in [0.4, 0.5) is 5.69 Å². The number of anilines is 1. The topological polar surface area (TPSA) is 49.0 Å². The van der Waals surface area contributed by atoms with Crippen molar-refractivity contribution in [1.29, 1.82) is 0 Å². The molecule has 4 rings (SSSR count). The van der Waals surface area contributed by atoms with Gasteiger partial charge in [0, 0.05) is 29.4 Å². The van der Waals surface area contributed by atoms with E-state index in [-0.39, 0.29) is 6.79 Å². The van der Waals surface area contributed by atoms with Crippen LogP contribution in [0.3, 0.4) is 0 Å². The van der Waals surface area contributed by atoms with E-state index in [9.17, 15) is 0 Å². The van der Waals surface area contributed by atoms with Crippen molar-refractivity contribution >= 4 is 17.3 Å². The maximum atomic E-state index is 6.51. The van der Waals surface area contributed by atoms with Gasteiger partial charge in [-0.3, -0.25) is 0 Å². The molecule has 0 amide bonds. The van der Waals surface area contributed by atoms with Gasteiger partial charge in [-0.25, -0.2) is 0 Å². The molecule has 1 aliphatic rings. The minimum absolute atomic E-state index is 0.256. The number of hydrogen-bond donors (Lipinski definition) is 1. The third-order valence-corrected chi connectivity index (χ3v) is 5.18. The Hall–Kier alpha value is -3.05. The predicted octanol–water partition coefficient (Wildman–Crippen LogP) is 5.58. The minimum Gasteiger partial charge on any atom is -0.493 e. The molecule has 0 spiro atoms. The Bertz CT molecular complexity index is 1020. The fraction of sp³-hybridized carbons (Fsp3) is 0.217. The van der Waals surface area contributed by atoms with E-state index >= 15 is 0 Å². The van der Waals surface area contributed by atoms with E-state index in [0.717, 1.165) is 28.3 Å². The van der Waals surface area contributed by atoms with E-state index in [1.165, 1.54) is 5.56 Å². The van der Waals surface area contributed by atoms with Gasteiger partial charge in [-0.15, -0.1) is 0 Å². The predicted molar refractivity (Wildman–Crippen MR) is 113 cm³/mol. The van der Waals surface area contributed by atoms with Crippen molar-refractivity contribution in [2.75, 3.05) is 19.2 Å². The molecule has 0 saturated heterocycles. The second-order valence-corrected chi connectivity index (χ2v) is 7.14. The van der Waals surface area contributed by atoms with Crippen LogP contribution in [0.15, 0.2) is 54.6 Å². The molecule has 6 heteroatoms. The SMILES string of the molecule is COc1cc(CNc2ccc3c(c2)OCO3)c(Cl)cc1OCc1ccccc1C. The normalized spacial score (nSPS) is 12.0. The lowest BCUT2D eigenvalue weighted by Gasteiger charge is -2.15. The van der Waals surface area contributed by atoms with Crippen LogP contribution in [0.25, 0.3) is 0 Å². The summed E-state index contributed by atoms with van der Waals surface area (Å²) in [5.41, 5.74) is 4.13. The summed E-state index contributed by atoms with van der Waals surface area (Å²) in [6.45, 7) is 3.31. The zero-order chi connectivity index (χ0) is 20.2. The Labute approximate surface area is 175 Å². The first-order valence-electron chi connectivity index (χ1n) is 9.31. The summed E-state index contributed by atoms with van der Waals surface area (Å²) in [6.07, 6.45) is 0. The number of rotatable bonds is 7. The van der Waals surface area contributed by atoms with Gasteiger partial charge >= 0.3 is 0 Å². The number of methoxy groups -OCH3 is 1. The van der Waals surface area contributed by atoms with E-state index in [4.69, 9.17) is 30.5 Å². The highest BCUT2D eigenvalue weighted by atomic mass is 35.5. The fourth-order valence-corrected chi connectivity index (χ4v) is 3.34. The van der Waals surface area contributed by atoms with Crippen LogP contribution < -0.4 is 24.3 Å². The van der Waals surface area contributed by atoms with Gasteiger partial charge in [0.25, 0.3) is 0 Å². The highest BCUT2D eigenvalue weighted by Crippen LogP contribution is 2.36. The van der Waals surface area contributed by atoms with Gasteiger partial charge < -0.3 is 24.3 Å². The summed E-state index contributed by atoms with van der Waals surface area (Å²) in [5, 5.41) is 3.96. The first kappa shape index (κ1) is 19.3. The van der Waals surface area contributed by atoms with Crippen LogP contribution in [0.2, 0.25) is 5.02 Å². The van der Waals surface area contributed by atoms with Crippen LogP contribution in [0, 0.1) is 6.92 Å². The largest absolute Gasteiger partial charge is 0.493 e. The van der Waals surface area contributed by atoms with Crippen LogP contribution >= 0.6 is 11.6 Å². The molecule has 0 aliphatic carbocycles. The van der Waals surface area contributed by atoms with Crippen molar-refractivity contribution in [3.05, 3.63) is 76.3 Å². The Morgan fingerprint density at radius 3 is 2.62 bits per heavy atom. The number of fused-ring (bicyclic) bond motifs is 1. The zero-order valence-electron chi connectivity index (χ0n) is 16.3. The summed E-state index contributed by atoms with van der Waals surface area (Å²) >= 11 is 6.51. The molecular weight excluding hydrogens is 390 g/mol. The molecule has 3 aromatic rings. The molecule has 3 aromatic carbocycles. The Balaban J connectivity index is 1.46. The van der Waals surface area contributed by atoms with Gasteiger partial charge in [-0.1, -0.05) is 35.9 Å². The number of aryl methyl sites for hydroxylation is 1. The van der Waals surface area contributed by atoms with E-state index in [1.807, 2.05) is 42.5 Å². The molecule has 0 unspecified atom stereocenters. The first-order valence-corrected chi connectivity index (χ1v) is 9.69. The van der Waals surface area contributed by atoms with E-state index in [1.54, 1.807) is 13.2 Å². The molecule has 0 atom stereocenters. The molecule has 0 radical (unpaired) electrons. The zero-order valence-corrected chi connectivity index (χ0v) is 17.1. The van der Waals surface area contributed by atoms with Crippen LogP contribution in [0.5, 0.6) is 23.0 Å². The number of benzene rings is 3. The van der Waals surface area contributed by atoms with Crippen molar-refractivity contribution in [3.8, 4) is 23.0 Å². The summed E-state index contributed by atoms with van der Waals surface area (Å²) in [7, 11) is 1.62. The summed E-state index contributed by atoms with van der Waals surface area (Å²) < 4.78 is 22.3. The van der Waals surface area contributed by atoms with Gasteiger partial charge in [0.2, 0.25) is 6.79 Å². The number of hydrogen-bond acceptors (Lipinski definition) is 5. The summed E-state index contributed by atoms with van der Waals surface area (Å²) in [5.74, 6) is 2.75. The average Bonchev–Trinajstić information content (AvgIpc) is 3.20. The second kappa shape index (κ2) is 8.53. The van der Waals surface area contributed by atoms with Crippen molar-refractivity contribution in [2.45, 2.75) is 20.1 Å². The van der Waals surface area contributed by atoms with Gasteiger partial charge in [0.05, 0.1) is 7.11 Å². The minimum atomic E-state index is 0.256. The van der Waals surface area contributed by atoms with Gasteiger partial charge in [0.15, 0.2) is 23.0 Å². The maximum Gasteiger partial charge on any atom is 0.231 e. The highest BCUT2D eigenvalue weighted by Gasteiger charge is 2.14. The fourth-order valence-electron chi connectivity index (χ4n) is 3.12. The Morgan fingerprint density at radius 1 is 0.966 bits per heavy atom. The molecule has 1 heterocycles. The lowest BCUT2D eigenvalue weighted by Crippen LogP contribution is -2.03. The molecular formula is C23H22ClNO4. The number of nitrogens with one attached hydrogen (secondary N) is 1. The van der Waals surface area contributed by atoms with E-state index in [0.29, 0.717) is 29.7 Å². The van der Waals surface area contributed by atoms with E-state index in [2.05, 4.69) is 18.3 Å². The van der Waals surface area contributed by atoms with Crippen LogP contribution in [-0.4, -0.2) is 13.9 Å². The third kappa shape index (κ3) is 4.35. The van der Waals surface area contributed by atoms with Crippen molar-refractivity contribution in [1.82, 2.24) is 0 Å². The maximum absolute atomic E-state index is 6.51. The van der Waals surface area contributed by atoms with Gasteiger partial charge in [-0.2, -0.15) is 0 Å². The molecule has 29 heavy (non-hydrogen) atoms. The summed E-state index contributed by atoms with van der Waals surface area (Å²) in [6, 6.07) is 17.6. The van der Waals surface area contributed by atoms with Gasteiger partial charge in [-0.05, 0) is 41.8 Å². The first-order chi connectivity index (χ1) is 14.1. The molecule has 0 fully saturated rings. The molecule has 0 aromatic heterocycles. The van der Waals surface area contributed by atoms with E-state index < -0.39 is 0 Å². The molecule has 1 N–H and O–H groups in total. The molecule has 150 valence electrons. The Morgan fingerprint density at radius 2 is 1.79 bits per heavy atom. The van der Waals surface area contributed by atoms with Crippen molar-refractivity contribution in [3.63, 3.8) is 0 Å². The smallest absolute Gasteiger partial charge is 0.231 e. The van der Waals surface area contributed by atoms with Crippen molar-refractivity contribution in [2.24, 2.45) is 0 Å². The third-order valence-electron chi connectivity index (χ3n) is 4.83. The van der Waals surface area contributed by atoms with Crippen LogP contribution in [0.1, 0.15) is 16.7 Å². The van der Waals surface area contributed by atoms with Gasteiger partial charge in [0.1, 0.15) is 6.61 Å². The molecule has 0 bridgehead atoms. The highest BCUT2D eigenvalue weighted by molar-refractivity contribution is 6.31. The molecule has 5 nitrogen and oxygen atoms in total. The standard InChI is InChI=1S/C23H22ClNO4/c1-15-5-3-4-6-16(15)13-27-23-11-19(24)17(9-21(23)26-2)12-25-18-7-8-20-22(10-18)29-14-28-20/h3-11,25H,12-14H2,1-2H3. The van der Waals surface area contributed by atoms with Crippen LogP contribution in [-0.2, 0) is 13.2 Å². The molecule has 0 saturated carbocycles. The number of halogens is 1. The monoisotopic (exact) mass is 411 g/mol.